The van der Waals surface area contributed by atoms with Gasteiger partial charge in [0.15, 0.2) is 12.4 Å². The molecule has 1 aliphatic heterocycles. The minimum atomic E-state index is -0.671. The number of allylic oxidation sites excluding steroid dienone is 2. The second-order valence-electron chi connectivity index (χ2n) is 12.3. The zero-order valence-corrected chi connectivity index (χ0v) is 27.1. The van der Waals surface area contributed by atoms with Crippen molar-refractivity contribution in [3.8, 4) is 22.4 Å². The van der Waals surface area contributed by atoms with Gasteiger partial charge >= 0.3 is 5.97 Å². The SMILES string of the molecule is Cc1c(Cl)ccc2c(C(=O)OCC(=O)c3ccc(-c4ccccc4)cc3)cc(-c3ccc(N4C(=O)C5CC=CC(C)C5C4=O)cc3)nc12. The molecular formula is C40H31ClN2O5. The molecule has 1 saturated heterocycles. The third kappa shape index (κ3) is 5.60. The molecule has 4 aromatic carbocycles. The molecule has 238 valence electrons. The van der Waals surface area contributed by atoms with Crippen molar-refractivity contribution in [3.05, 3.63) is 131 Å². The molecule has 3 unspecified atom stereocenters. The topological polar surface area (TPSA) is 93.6 Å². The van der Waals surface area contributed by atoms with Crippen LogP contribution in [0, 0.1) is 24.7 Å². The van der Waals surface area contributed by atoms with Crippen LogP contribution in [0.2, 0.25) is 5.02 Å². The Balaban J connectivity index is 1.14. The van der Waals surface area contributed by atoms with E-state index in [1.807, 2.05) is 68.5 Å². The molecule has 1 aliphatic carbocycles. The van der Waals surface area contributed by atoms with Crippen LogP contribution in [-0.4, -0.2) is 35.2 Å². The van der Waals surface area contributed by atoms with Gasteiger partial charge in [-0.3, -0.25) is 19.3 Å². The minimum Gasteiger partial charge on any atom is -0.454 e. The Hall–Kier alpha value is -5.40. The number of aryl methyl sites for hydroxylation is 1. The molecule has 2 aliphatic rings. The number of benzene rings is 4. The van der Waals surface area contributed by atoms with E-state index in [0.717, 1.165) is 11.1 Å². The number of Topliss-reactive ketones (excluding diaryl/α,β-unsaturated/α-hetero) is 1. The molecule has 8 heteroatoms. The number of ketones is 1. The first-order valence-electron chi connectivity index (χ1n) is 15.8. The van der Waals surface area contributed by atoms with Gasteiger partial charge < -0.3 is 4.74 Å². The van der Waals surface area contributed by atoms with Crippen LogP contribution in [0.15, 0.2) is 109 Å². The molecule has 0 saturated carbocycles. The van der Waals surface area contributed by atoms with Gasteiger partial charge in [-0.2, -0.15) is 0 Å². The average Bonchev–Trinajstić information content (AvgIpc) is 3.38. The van der Waals surface area contributed by atoms with Crippen molar-refractivity contribution >= 4 is 51.8 Å². The van der Waals surface area contributed by atoms with Gasteiger partial charge in [0.25, 0.3) is 0 Å². The molecule has 0 spiro atoms. The maximum atomic E-state index is 13.5. The zero-order chi connectivity index (χ0) is 33.5. The number of halogens is 1. The smallest absolute Gasteiger partial charge is 0.339 e. The fourth-order valence-electron chi connectivity index (χ4n) is 6.68. The number of hydrogen-bond acceptors (Lipinski definition) is 6. The highest BCUT2D eigenvalue weighted by molar-refractivity contribution is 6.32. The molecule has 0 bridgehead atoms. The molecule has 5 aromatic rings. The summed E-state index contributed by atoms with van der Waals surface area (Å²) in [6.07, 6.45) is 4.54. The van der Waals surface area contributed by atoms with E-state index in [2.05, 4.69) is 0 Å². The van der Waals surface area contributed by atoms with E-state index in [1.54, 1.807) is 54.6 Å². The standard InChI is InChI=1S/C40H31ClN2O5/c1-23-7-6-10-31-36(23)39(46)43(38(31)45)29-17-15-27(16-18-29)34-21-32(30-19-20-33(41)24(2)37(30)42-34)40(47)48-22-35(44)28-13-11-26(12-14-28)25-8-4-3-5-9-25/h3-9,11-21,23,31,36H,10,22H2,1-2H3. The number of ether oxygens (including phenoxy) is 1. The predicted molar refractivity (Wildman–Crippen MR) is 186 cm³/mol. The van der Waals surface area contributed by atoms with Gasteiger partial charge in [0.1, 0.15) is 0 Å². The number of aromatic nitrogens is 1. The number of rotatable bonds is 7. The first-order valence-corrected chi connectivity index (χ1v) is 16.2. The van der Waals surface area contributed by atoms with E-state index < -0.39 is 12.6 Å². The first kappa shape index (κ1) is 31.2. The largest absolute Gasteiger partial charge is 0.454 e. The second-order valence-corrected chi connectivity index (χ2v) is 12.7. The van der Waals surface area contributed by atoms with Crippen LogP contribution in [0.3, 0.4) is 0 Å². The van der Waals surface area contributed by atoms with Gasteiger partial charge in [0.2, 0.25) is 11.8 Å². The summed E-state index contributed by atoms with van der Waals surface area (Å²) >= 11 is 6.45. The third-order valence-corrected chi connectivity index (χ3v) is 9.74. The minimum absolute atomic E-state index is 0.00463. The monoisotopic (exact) mass is 654 g/mol. The van der Waals surface area contributed by atoms with Crippen LogP contribution >= 0.6 is 11.6 Å². The molecule has 7 nitrogen and oxygen atoms in total. The van der Waals surface area contributed by atoms with Crippen molar-refractivity contribution in [2.75, 3.05) is 11.5 Å². The first-order chi connectivity index (χ1) is 23.2. The number of nitrogens with zero attached hydrogens (tertiary/aromatic N) is 2. The summed E-state index contributed by atoms with van der Waals surface area (Å²) in [6.45, 7) is 3.35. The van der Waals surface area contributed by atoms with Crippen LogP contribution in [0.4, 0.5) is 5.69 Å². The lowest BCUT2D eigenvalue weighted by atomic mass is 9.78. The van der Waals surface area contributed by atoms with Crippen molar-refractivity contribution in [1.82, 2.24) is 4.98 Å². The highest BCUT2D eigenvalue weighted by Gasteiger charge is 2.50. The quantitative estimate of drug-likeness (QED) is 0.0759. The Morgan fingerprint density at radius 1 is 0.875 bits per heavy atom. The van der Waals surface area contributed by atoms with Crippen LogP contribution in [0.5, 0.6) is 0 Å². The van der Waals surface area contributed by atoms with Crippen molar-refractivity contribution in [2.24, 2.45) is 17.8 Å². The summed E-state index contributed by atoms with van der Waals surface area (Å²) in [5.41, 5.74) is 5.53. The molecule has 2 amide bonds. The second kappa shape index (κ2) is 12.7. The Morgan fingerprint density at radius 3 is 2.27 bits per heavy atom. The number of hydrogen-bond donors (Lipinski definition) is 0. The number of carbonyl (C=O) groups is 4. The third-order valence-electron chi connectivity index (χ3n) is 9.33. The number of esters is 1. The fourth-order valence-corrected chi connectivity index (χ4v) is 6.83. The number of imide groups is 1. The fraction of sp³-hybridized carbons (Fsp3) is 0.175. The Labute approximate surface area is 282 Å². The van der Waals surface area contributed by atoms with E-state index in [4.69, 9.17) is 21.3 Å². The van der Waals surface area contributed by atoms with Crippen LogP contribution < -0.4 is 4.90 Å². The van der Waals surface area contributed by atoms with Gasteiger partial charge in [-0.1, -0.05) is 103 Å². The van der Waals surface area contributed by atoms with Gasteiger partial charge in [-0.25, -0.2) is 9.78 Å². The Bertz CT molecular complexity index is 2120. The molecule has 3 atom stereocenters. The summed E-state index contributed by atoms with van der Waals surface area (Å²) in [4.78, 5) is 59.2. The van der Waals surface area contributed by atoms with Crippen LogP contribution in [0.25, 0.3) is 33.3 Å². The number of pyridine rings is 1. The summed E-state index contributed by atoms with van der Waals surface area (Å²) in [5.74, 6) is -2.07. The van der Waals surface area contributed by atoms with Crippen LogP contribution in [0.1, 0.15) is 39.6 Å². The summed E-state index contributed by atoms with van der Waals surface area (Å²) in [7, 11) is 0. The highest BCUT2D eigenvalue weighted by Crippen LogP contribution is 2.41. The summed E-state index contributed by atoms with van der Waals surface area (Å²) < 4.78 is 5.56. The number of amides is 2. The molecule has 1 aromatic heterocycles. The van der Waals surface area contributed by atoms with E-state index in [-0.39, 0.29) is 40.9 Å². The normalized spacial score (nSPS) is 18.6. The van der Waals surface area contributed by atoms with Crippen molar-refractivity contribution < 1.29 is 23.9 Å². The molecule has 0 N–H and O–H groups in total. The lowest BCUT2D eigenvalue weighted by molar-refractivity contribution is -0.122. The van der Waals surface area contributed by atoms with Gasteiger partial charge in [0, 0.05) is 21.5 Å². The number of anilines is 1. The molecule has 2 heterocycles. The number of fused-ring (bicyclic) bond motifs is 2. The average molecular weight is 655 g/mol. The molecule has 0 radical (unpaired) electrons. The highest BCUT2D eigenvalue weighted by atomic mass is 35.5. The van der Waals surface area contributed by atoms with Crippen LogP contribution in [-0.2, 0) is 14.3 Å². The van der Waals surface area contributed by atoms with Gasteiger partial charge in [0.05, 0.1) is 34.3 Å². The van der Waals surface area contributed by atoms with Gasteiger partial charge in [-0.05, 0) is 60.2 Å². The molecular weight excluding hydrogens is 624 g/mol. The lowest BCUT2D eigenvalue weighted by Gasteiger charge is -2.22. The Kier molecular flexibility index (Phi) is 8.23. The van der Waals surface area contributed by atoms with E-state index >= 15 is 0 Å². The maximum Gasteiger partial charge on any atom is 0.339 e. The predicted octanol–water partition coefficient (Wildman–Crippen LogP) is 8.27. The van der Waals surface area contributed by atoms with E-state index in [1.165, 1.54) is 4.90 Å². The van der Waals surface area contributed by atoms with Crippen molar-refractivity contribution in [2.45, 2.75) is 20.3 Å². The van der Waals surface area contributed by atoms with E-state index in [0.29, 0.717) is 50.4 Å². The van der Waals surface area contributed by atoms with Gasteiger partial charge in [-0.15, -0.1) is 0 Å². The number of carbonyl (C=O) groups excluding carboxylic acids is 4. The molecule has 7 rings (SSSR count). The lowest BCUT2D eigenvalue weighted by Crippen LogP contribution is -2.31. The molecule has 48 heavy (non-hydrogen) atoms. The van der Waals surface area contributed by atoms with Crippen molar-refractivity contribution in [1.29, 1.82) is 0 Å². The maximum absolute atomic E-state index is 13.5. The molecule has 1 fully saturated rings. The van der Waals surface area contributed by atoms with E-state index in [9.17, 15) is 19.2 Å². The summed E-state index contributed by atoms with van der Waals surface area (Å²) in [5, 5.41) is 1.03. The van der Waals surface area contributed by atoms with Crippen molar-refractivity contribution in [3.63, 3.8) is 0 Å². The Morgan fingerprint density at radius 2 is 1.56 bits per heavy atom. The zero-order valence-electron chi connectivity index (χ0n) is 26.4. The summed E-state index contributed by atoms with van der Waals surface area (Å²) in [6, 6.07) is 29.0.